The van der Waals surface area contributed by atoms with Gasteiger partial charge in [0.2, 0.25) is 0 Å². The summed E-state index contributed by atoms with van der Waals surface area (Å²) in [5, 5.41) is 3.30. The van der Waals surface area contributed by atoms with Crippen molar-refractivity contribution in [2.45, 2.75) is 44.8 Å². The molecule has 0 aromatic carbocycles. The predicted octanol–water partition coefficient (Wildman–Crippen LogP) is 2.98. The van der Waals surface area contributed by atoms with Gasteiger partial charge in [0.25, 0.3) is 0 Å². The van der Waals surface area contributed by atoms with E-state index in [2.05, 4.69) is 17.0 Å². The second-order valence-electron chi connectivity index (χ2n) is 5.75. The standard InChI is InChI=1S/C13H22F3NO/c1-9(12-7-10-2-3-11(12)6-10)17-4-5-18-8-13(14,15)16/h9-12,17H,2-8H2,1H3. The van der Waals surface area contributed by atoms with E-state index in [0.29, 0.717) is 18.5 Å². The zero-order valence-corrected chi connectivity index (χ0v) is 10.8. The van der Waals surface area contributed by atoms with E-state index < -0.39 is 12.8 Å². The molecule has 2 saturated carbocycles. The van der Waals surface area contributed by atoms with Gasteiger partial charge in [0.1, 0.15) is 6.61 Å². The molecule has 0 aromatic rings. The zero-order valence-electron chi connectivity index (χ0n) is 10.8. The van der Waals surface area contributed by atoms with Crippen LogP contribution in [0.5, 0.6) is 0 Å². The Labute approximate surface area is 106 Å². The van der Waals surface area contributed by atoms with Gasteiger partial charge in [0.15, 0.2) is 0 Å². The maximum absolute atomic E-state index is 11.8. The van der Waals surface area contributed by atoms with E-state index in [1.54, 1.807) is 0 Å². The predicted molar refractivity (Wildman–Crippen MR) is 63.3 cm³/mol. The van der Waals surface area contributed by atoms with Crippen LogP contribution in [0.4, 0.5) is 13.2 Å². The summed E-state index contributed by atoms with van der Waals surface area (Å²) >= 11 is 0. The minimum absolute atomic E-state index is 0.130. The van der Waals surface area contributed by atoms with Gasteiger partial charge in [-0.1, -0.05) is 6.42 Å². The molecule has 18 heavy (non-hydrogen) atoms. The van der Waals surface area contributed by atoms with Crippen molar-refractivity contribution in [2.75, 3.05) is 19.8 Å². The van der Waals surface area contributed by atoms with Gasteiger partial charge >= 0.3 is 6.18 Å². The lowest BCUT2D eigenvalue weighted by molar-refractivity contribution is -0.173. The highest BCUT2D eigenvalue weighted by Gasteiger charge is 2.41. The molecule has 0 aromatic heterocycles. The molecule has 0 saturated heterocycles. The lowest BCUT2D eigenvalue weighted by Gasteiger charge is -2.28. The number of halogens is 3. The van der Waals surface area contributed by atoms with Crippen LogP contribution in [-0.2, 0) is 4.74 Å². The van der Waals surface area contributed by atoms with Crippen molar-refractivity contribution in [1.82, 2.24) is 5.32 Å². The van der Waals surface area contributed by atoms with Crippen LogP contribution >= 0.6 is 0 Å². The maximum Gasteiger partial charge on any atom is 0.411 e. The number of hydrogen-bond donors (Lipinski definition) is 1. The highest BCUT2D eigenvalue weighted by Crippen LogP contribution is 2.49. The number of rotatable bonds is 6. The fourth-order valence-corrected chi connectivity index (χ4v) is 3.60. The number of alkyl halides is 3. The molecule has 106 valence electrons. The van der Waals surface area contributed by atoms with Crippen molar-refractivity contribution >= 4 is 0 Å². The first-order chi connectivity index (χ1) is 8.46. The molecule has 0 heterocycles. The number of nitrogens with one attached hydrogen (secondary N) is 1. The van der Waals surface area contributed by atoms with Crippen LogP contribution in [0.15, 0.2) is 0 Å². The largest absolute Gasteiger partial charge is 0.411 e. The minimum Gasteiger partial charge on any atom is -0.371 e. The van der Waals surface area contributed by atoms with Crippen molar-refractivity contribution in [2.24, 2.45) is 17.8 Å². The van der Waals surface area contributed by atoms with E-state index in [9.17, 15) is 13.2 Å². The highest BCUT2D eigenvalue weighted by atomic mass is 19.4. The van der Waals surface area contributed by atoms with E-state index in [0.717, 1.165) is 11.8 Å². The Kier molecular flexibility index (Phi) is 4.54. The van der Waals surface area contributed by atoms with Gasteiger partial charge in [-0.3, -0.25) is 0 Å². The van der Waals surface area contributed by atoms with Crippen molar-refractivity contribution < 1.29 is 17.9 Å². The molecule has 1 N–H and O–H groups in total. The second-order valence-corrected chi connectivity index (χ2v) is 5.75. The van der Waals surface area contributed by atoms with Gasteiger partial charge in [-0.05, 0) is 43.9 Å². The van der Waals surface area contributed by atoms with E-state index in [4.69, 9.17) is 0 Å². The number of hydrogen-bond acceptors (Lipinski definition) is 2. The van der Waals surface area contributed by atoms with Crippen LogP contribution in [0.25, 0.3) is 0 Å². The van der Waals surface area contributed by atoms with E-state index in [-0.39, 0.29) is 6.61 Å². The van der Waals surface area contributed by atoms with Crippen molar-refractivity contribution in [3.8, 4) is 0 Å². The van der Waals surface area contributed by atoms with Crippen LogP contribution < -0.4 is 5.32 Å². The van der Waals surface area contributed by atoms with Gasteiger partial charge in [-0.15, -0.1) is 0 Å². The molecule has 5 heteroatoms. The normalized spacial score (nSPS) is 33.0. The SMILES string of the molecule is CC(NCCOCC(F)(F)F)C1CC2CCC1C2. The van der Waals surface area contributed by atoms with Crippen molar-refractivity contribution in [1.29, 1.82) is 0 Å². The van der Waals surface area contributed by atoms with Crippen LogP contribution in [0.2, 0.25) is 0 Å². The first-order valence-corrected chi connectivity index (χ1v) is 6.83. The molecular weight excluding hydrogens is 243 g/mol. The van der Waals surface area contributed by atoms with Gasteiger partial charge < -0.3 is 10.1 Å². The van der Waals surface area contributed by atoms with Crippen LogP contribution in [-0.4, -0.2) is 32.0 Å². The summed E-state index contributed by atoms with van der Waals surface area (Å²) in [6.07, 6.45) is 1.16. The molecule has 4 atom stereocenters. The smallest absolute Gasteiger partial charge is 0.371 e. The minimum atomic E-state index is -4.21. The summed E-state index contributed by atoms with van der Waals surface area (Å²) in [7, 11) is 0. The Morgan fingerprint density at radius 2 is 2.06 bits per heavy atom. The fraction of sp³-hybridized carbons (Fsp3) is 1.00. The van der Waals surface area contributed by atoms with Crippen LogP contribution in [0.3, 0.4) is 0 Å². The van der Waals surface area contributed by atoms with Crippen LogP contribution in [0.1, 0.15) is 32.6 Å². The zero-order chi connectivity index (χ0) is 13.2. The summed E-state index contributed by atoms with van der Waals surface area (Å²) in [5.74, 6) is 2.46. The molecule has 0 aliphatic heterocycles. The van der Waals surface area contributed by atoms with E-state index in [1.165, 1.54) is 25.7 Å². The average Bonchev–Trinajstić information content (AvgIpc) is 2.88. The Morgan fingerprint density at radius 3 is 2.61 bits per heavy atom. The molecule has 0 amide bonds. The topological polar surface area (TPSA) is 21.3 Å². The third-order valence-electron chi connectivity index (χ3n) is 4.41. The molecule has 2 bridgehead atoms. The summed E-state index contributed by atoms with van der Waals surface area (Å²) in [6.45, 7) is 1.64. The molecule has 2 nitrogen and oxygen atoms in total. The Morgan fingerprint density at radius 1 is 1.28 bits per heavy atom. The first kappa shape index (κ1) is 14.1. The quantitative estimate of drug-likeness (QED) is 0.745. The Bertz CT molecular complexity index is 269. The monoisotopic (exact) mass is 265 g/mol. The highest BCUT2D eigenvalue weighted by molar-refractivity contribution is 4.93. The molecule has 2 fully saturated rings. The van der Waals surface area contributed by atoms with E-state index in [1.807, 2.05) is 0 Å². The summed E-state index contributed by atoms with van der Waals surface area (Å²) < 4.78 is 40.1. The molecule has 0 radical (unpaired) electrons. The lowest BCUT2D eigenvalue weighted by atomic mass is 9.84. The molecule has 2 aliphatic rings. The summed E-state index contributed by atoms with van der Waals surface area (Å²) in [6, 6.07) is 0.398. The lowest BCUT2D eigenvalue weighted by Crippen LogP contribution is -2.38. The first-order valence-electron chi connectivity index (χ1n) is 6.83. The number of fused-ring (bicyclic) bond motifs is 2. The maximum atomic E-state index is 11.8. The third kappa shape index (κ3) is 3.85. The Balaban J connectivity index is 1.57. The third-order valence-corrected chi connectivity index (χ3v) is 4.41. The second kappa shape index (κ2) is 5.78. The molecule has 0 spiro atoms. The van der Waals surface area contributed by atoms with Crippen molar-refractivity contribution in [3.63, 3.8) is 0 Å². The van der Waals surface area contributed by atoms with Gasteiger partial charge in [0, 0.05) is 12.6 Å². The molecule has 4 unspecified atom stereocenters. The summed E-state index contributed by atoms with van der Waals surface area (Å²) in [4.78, 5) is 0. The van der Waals surface area contributed by atoms with Gasteiger partial charge in [-0.2, -0.15) is 13.2 Å². The van der Waals surface area contributed by atoms with E-state index >= 15 is 0 Å². The average molecular weight is 265 g/mol. The van der Waals surface area contributed by atoms with Crippen molar-refractivity contribution in [3.05, 3.63) is 0 Å². The van der Waals surface area contributed by atoms with Crippen LogP contribution in [0, 0.1) is 17.8 Å². The Hall–Kier alpha value is -0.290. The summed E-state index contributed by atoms with van der Waals surface area (Å²) in [5.41, 5.74) is 0. The van der Waals surface area contributed by atoms with Gasteiger partial charge in [0.05, 0.1) is 6.61 Å². The fourth-order valence-electron chi connectivity index (χ4n) is 3.60. The molecule has 2 aliphatic carbocycles. The van der Waals surface area contributed by atoms with Gasteiger partial charge in [-0.25, -0.2) is 0 Å². The number of ether oxygens (including phenoxy) is 1. The molecule has 2 rings (SSSR count). The molecular formula is C13H22F3NO.